The molecule has 0 spiro atoms. The molecule has 2 N–H and O–H groups in total. The van der Waals surface area contributed by atoms with Crippen LogP contribution in [0.15, 0.2) is 0 Å². The van der Waals surface area contributed by atoms with Gasteiger partial charge in [-0.2, -0.15) is 0 Å². The van der Waals surface area contributed by atoms with Gasteiger partial charge in [-0.05, 0) is 26.7 Å². The summed E-state index contributed by atoms with van der Waals surface area (Å²) in [6.07, 6.45) is 3.61. The first kappa shape index (κ1) is 9.65. The van der Waals surface area contributed by atoms with E-state index in [9.17, 15) is 0 Å². The van der Waals surface area contributed by atoms with Crippen molar-refractivity contribution in [3.63, 3.8) is 0 Å². The van der Waals surface area contributed by atoms with Gasteiger partial charge >= 0.3 is 0 Å². The van der Waals surface area contributed by atoms with Gasteiger partial charge in [-0.25, -0.2) is 0 Å². The molecule has 1 aliphatic carbocycles. The molecule has 0 aliphatic heterocycles. The number of rotatable bonds is 3. The SMILES string of the molecule is CCn1c(C)nnc1C1(CN)CCC1. The molecular weight excluding hydrogens is 176 g/mol. The lowest BCUT2D eigenvalue weighted by atomic mass is 9.68. The molecule has 1 fully saturated rings. The maximum atomic E-state index is 5.85. The minimum absolute atomic E-state index is 0.136. The van der Waals surface area contributed by atoms with E-state index in [2.05, 4.69) is 21.7 Å². The van der Waals surface area contributed by atoms with Crippen LogP contribution in [0.3, 0.4) is 0 Å². The van der Waals surface area contributed by atoms with Crippen molar-refractivity contribution in [2.45, 2.75) is 45.1 Å². The molecule has 1 aromatic heterocycles. The fourth-order valence-corrected chi connectivity index (χ4v) is 2.27. The Morgan fingerprint density at radius 1 is 1.43 bits per heavy atom. The van der Waals surface area contributed by atoms with Crippen molar-refractivity contribution in [3.05, 3.63) is 11.6 Å². The molecule has 2 rings (SSSR count). The summed E-state index contributed by atoms with van der Waals surface area (Å²) in [4.78, 5) is 0. The lowest BCUT2D eigenvalue weighted by Gasteiger charge is -2.39. The molecule has 1 heterocycles. The summed E-state index contributed by atoms with van der Waals surface area (Å²) in [6.45, 7) is 5.77. The monoisotopic (exact) mass is 194 g/mol. The Kier molecular flexibility index (Phi) is 2.31. The molecule has 1 saturated carbocycles. The summed E-state index contributed by atoms with van der Waals surface area (Å²) in [5.41, 5.74) is 5.99. The van der Waals surface area contributed by atoms with E-state index in [0.29, 0.717) is 6.54 Å². The molecule has 0 unspecified atom stereocenters. The lowest BCUT2D eigenvalue weighted by Crippen LogP contribution is -2.43. The van der Waals surface area contributed by atoms with E-state index in [-0.39, 0.29) is 5.41 Å². The smallest absolute Gasteiger partial charge is 0.140 e. The standard InChI is InChI=1S/C10H18N4/c1-3-14-8(2)12-13-9(14)10(7-11)5-4-6-10/h3-7,11H2,1-2H3. The van der Waals surface area contributed by atoms with E-state index in [0.717, 1.165) is 18.2 Å². The zero-order valence-corrected chi connectivity index (χ0v) is 8.95. The fourth-order valence-electron chi connectivity index (χ4n) is 2.27. The van der Waals surface area contributed by atoms with Crippen LogP contribution in [-0.2, 0) is 12.0 Å². The molecule has 78 valence electrons. The van der Waals surface area contributed by atoms with Gasteiger partial charge in [-0.15, -0.1) is 10.2 Å². The van der Waals surface area contributed by atoms with E-state index >= 15 is 0 Å². The van der Waals surface area contributed by atoms with Crippen LogP contribution >= 0.6 is 0 Å². The highest BCUT2D eigenvalue weighted by molar-refractivity contribution is 5.15. The van der Waals surface area contributed by atoms with E-state index in [1.54, 1.807) is 0 Å². The van der Waals surface area contributed by atoms with Crippen molar-refractivity contribution in [1.82, 2.24) is 14.8 Å². The van der Waals surface area contributed by atoms with Gasteiger partial charge in [0.15, 0.2) is 0 Å². The molecule has 0 atom stereocenters. The summed E-state index contributed by atoms with van der Waals surface area (Å²) in [5, 5.41) is 8.43. The van der Waals surface area contributed by atoms with E-state index in [4.69, 9.17) is 5.73 Å². The Morgan fingerprint density at radius 3 is 2.57 bits per heavy atom. The highest BCUT2D eigenvalue weighted by Crippen LogP contribution is 2.41. The second-order valence-corrected chi connectivity index (χ2v) is 4.15. The highest BCUT2D eigenvalue weighted by atomic mass is 15.3. The van der Waals surface area contributed by atoms with Crippen molar-refractivity contribution in [2.75, 3.05) is 6.54 Å². The maximum Gasteiger partial charge on any atom is 0.140 e. The molecule has 14 heavy (non-hydrogen) atoms. The van der Waals surface area contributed by atoms with Crippen LogP contribution in [0.25, 0.3) is 0 Å². The first-order chi connectivity index (χ1) is 6.73. The van der Waals surface area contributed by atoms with Crippen LogP contribution in [0.1, 0.15) is 37.8 Å². The van der Waals surface area contributed by atoms with Gasteiger partial charge in [-0.1, -0.05) is 6.42 Å². The van der Waals surface area contributed by atoms with Crippen LogP contribution in [-0.4, -0.2) is 21.3 Å². The van der Waals surface area contributed by atoms with E-state index in [1.807, 2.05) is 6.92 Å². The van der Waals surface area contributed by atoms with Crippen molar-refractivity contribution in [3.8, 4) is 0 Å². The van der Waals surface area contributed by atoms with Crippen LogP contribution in [0.2, 0.25) is 0 Å². The van der Waals surface area contributed by atoms with Crippen molar-refractivity contribution in [1.29, 1.82) is 0 Å². The number of aryl methyl sites for hydroxylation is 1. The molecule has 4 nitrogen and oxygen atoms in total. The Hall–Kier alpha value is -0.900. The molecule has 0 bridgehead atoms. The number of aromatic nitrogens is 3. The number of hydrogen-bond donors (Lipinski definition) is 1. The zero-order chi connectivity index (χ0) is 10.2. The average molecular weight is 194 g/mol. The van der Waals surface area contributed by atoms with Crippen molar-refractivity contribution >= 4 is 0 Å². The van der Waals surface area contributed by atoms with Crippen molar-refractivity contribution < 1.29 is 0 Å². The van der Waals surface area contributed by atoms with Gasteiger partial charge in [0.25, 0.3) is 0 Å². The molecule has 0 radical (unpaired) electrons. The third kappa shape index (κ3) is 1.17. The van der Waals surface area contributed by atoms with Crippen molar-refractivity contribution in [2.24, 2.45) is 5.73 Å². The van der Waals surface area contributed by atoms with Gasteiger partial charge < -0.3 is 10.3 Å². The molecule has 0 saturated heterocycles. The summed E-state index contributed by atoms with van der Waals surface area (Å²) in [6, 6.07) is 0. The molecule has 0 amide bonds. The Labute approximate surface area is 84.5 Å². The molecule has 1 aromatic rings. The first-order valence-corrected chi connectivity index (χ1v) is 5.34. The van der Waals surface area contributed by atoms with Gasteiger partial charge in [-0.3, -0.25) is 0 Å². The number of nitrogens with zero attached hydrogens (tertiary/aromatic N) is 3. The predicted molar refractivity (Wildman–Crippen MR) is 55.0 cm³/mol. The third-order valence-corrected chi connectivity index (χ3v) is 3.43. The summed E-state index contributed by atoms with van der Waals surface area (Å²) in [7, 11) is 0. The van der Waals surface area contributed by atoms with Crippen LogP contribution in [0.5, 0.6) is 0 Å². The molecule has 0 aromatic carbocycles. The minimum atomic E-state index is 0.136. The van der Waals surface area contributed by atoms with Crippen LogP contribution in [0.4, 0.5) is 0 Å². The summed E-state index contributed by atoms with van der Waals surface area (Å²) >= 11 is 0. The van der Waals surface area contributed by atoms with E-state index < -0.39 is 0 Å². The maximum absolute atomic E-state index is 5.85. The lowest BCUT2D eigenvalue weighted by molar-refractivity contribution is 0.229. The molecular formula is C10H18N4. The summed E-state index contributed by atoms with van der Waals surface area (Å²) < 4.78 is 2.19. The van der Waals surface area contributed by atoms with E-state index in [1.165, 1.54) is 19.3 Å². The topological polar surface area (TPSA) is 56.7 Å². The van der Waals surface area contributed by atoms with Gasteiger partial charge in [0.1, 0.15) is 11.6 Å². The normalized spacial score (nSPS) is 19.4. The summed E-state index contributed by atoms with van der Waals surface area (Å²) in [5.74, 6) is 2.11. The second-order valence-electron chi connectivity index (χ2n) is 4.15. The highest BCUT2D eigenvalue weighted by Gasteiger charge is 2.41. The largest absolute Gasteiger partial charge is 0.329 e. The fraction of sp³-hybridized carbons (Fsp3) is 0.800. The second kappa shape index (κ2) is 3.35. The average Bonchev–Trinajstić information content (AvgIpc) is 2.47. The third-order valence-electron chi connectivity index (χ3n) is 3.43. The Balaban J connectivity index is 2.39. The molecule has 1 aliphatic rings. The first-order valence-electron chi connectivity index (χ1n) is 5.34. The predicted octanol–water partition coefficient (Wildman–Crippen LogP) is 0.987. The zero-order valence-electron chi connectivity index (χ0n) is 8.95. The van der Waals surface area contributed by atoms with Crippen LogP contribution in [0, 0.1) is 6.92 Å². The molecule has 4 heteroatoms. The Bertz CT molecular complexity index is 319. The number of hydrogen-bond acceptors (Lipinski definition) is 3. The minimum Gasteiger partial charge on any atom is -0.329 e. The van der Waals surface area contributed by atoms with Gasteiger partial charge in [0.2, 0.25) is 0 Å². The van der Waals surface area contributed by atoms with Gasteiger partial charge in [0.05, 0.1) is 0 Å². The Morgan fingerprint density at radius 2 is 2.14 bits per heavy atom. The van der Waals surface area contributed by atoms with Gasteiger partial charge in [0, 0.05) is 18.5 Å². The number of nitrogens with two attached hydrogens (primary N) is 1. The van der Waals surface area contributed by atoms with Crippen LogP contribution < -0.4 is 5.73 Å². The quantitative estimate of drug-likeness (QED) is 0.780.